The maximum Gasteiger partial charge on any atom is 0.227 e. The smallest absolute Gasteiger partial charge is 0.227 e. The van der Waals surface area contributed by atoms with Crippen molar-refractivity contribution in [1.82, 2.24) is 0 Å². The van der Waals surface area contributed by atoms with E-state index in [1.165, 1.54) is 0 Å². The lowest BCUT2D eigenvalue weighted by Crippen LogP contribution is -2.34. The second-order valence-corrected chi connectivity index (χ2v) is 6.26. The average Bonchev–Trinajstić information content (AvgIpc) is 2.48. The minimum Gasteiger partial charge on any atom is -0.328 e. The van der Waals surface area contributed by atoms with Gasteiger partial charge in [-0.1, -0.05) is 12.5 Å². The lowest BCUT2D eigenvalue weighted by molar-refractivity contribution is -0.120. The number of carbonyl (C=O) groups excluding carboxylic acids is 2. The molecule has 0 saturated heterocycles. The van der Waals surface area contributed by atoms with Crippen molar-refractivity contribution in [3.8, 4) is 0 Å². The predicted octanol–water partition coefficient (Wildman–Crippen LogP) is 3.08. The summed E-state index contributed by atoms with van der Waals surface area (Å²) in [5, 5.41) is 2.96. The predicted molar refractivity (Wildman–Crippen MR) is 89.5 cm³/mol. The number of nitrogens with two attached hydrogens (primary N) is 1. The van der Waals surface area contributed by atoms with Crippen LogP contribution in [0, 0.1) is 5.92 Å². The van der Waals surface area contributed by atoms with Crippen LogP contribution in [0.4, 0.5) is 5.69 Å². The van der Waals surface area contributed by atoms with Gasteiger partial charge in [0, 0.05) is 29.6 Å². The van der Waals surface area contributed by atoms with Crippen molar-refractivity contribution in [2.45, 2.75) is 51.0 Å². The van der Waals surface area contributed by atoms with Crippen molar-refractivity contribution in [2.24, 2.45) is 11.7 Å². The van der Waals surface area contributed by atoms with E-state index in [9.17, 15) is 9.59 Å². The highest BCUT2D eigenvalue weighted by Gasteiger charge is 2.25. The van der Waals surface area contributed by atoms with E-state index in [1.54, 1.807) is 0 Å². The first kappa shape index (κ1) is 17.0. The van der Waals surface area contributed by atoms with Gasteiger partial charge in [-0.3, -0.25) is 9.59 Å². The Bertz CT molecular complexity index is 574. The number of carbonyl (C=O) groups is 2. The van der Waals surface area contributed by atoms with Crippen LogP contribution in [0.2, 0.25) is 0 Å². The summed E-state index contributed by atoms with van der Waals surface area (Å²) >= 11 is 0. The van der Waals surface area contributed by atoms with E-state index in [1.807, 2.05) is 18.2 Å². The molecule has 2 aliphatic carbocycles. The molecule has 3 rings (SSSR count). The molecule has 1 aromatic carbocycles. The van der Waals surface area contributed by atoms with Gasteiger partial charge < -0.3 is 11.1 Å². The summed E-state index contributed by atoms with van der Waals surface area (Å²) in [5.41, 5.74) is 8.55. The molecule has 2 aliphatic rings. The second-order valence-electron chi connectivity index (χ2n) is 6.26. The Morgan fingerprint density at radius 1 is 1.18 bits per heavy atom. The van der Waals surface area contributed by atoms with Crippen LogP contribution in [0.1, 0.15) is 54.4 Å². The Balaban J connectivity index is 0.00000176. The molecule has 5 heteroatoms. The first-order chi connectivity index (χ1) is 10.1. The van der Waals surface area contributed by atoms with Gasteiger partial charge in [0.1, 0.15) is 0 Å². The zero-order chi connectivity index (χ0) is 14.8. The van der Waals surface area contributed by atoms with E-state index < -0.39 is 0 Å². The molecule has 0 aliphatic heterocycles. The SMILES string of the molecule is Cl.NC1CCCC(C(=O)Nc2ccc3c(c2)C(=O)CCC3)C1. The normalized spacial score (nSPS) is 24.1. The van der Waals surface area contributed by atoms with E-state index in [-0.39, 0.29) is 36.1 Å². The van der Waals surface area contributed by atoms with Gasteiger partial charge in [-0.25, -0.2) is 0 Å². The fraction of sp³-hybridized carbons (Fsp3) is 0.529. The van der Waals surface area contributed by atoms with Crippen LogP contribution in [0.25, 0.3) is 0 Å². The quantitative estimate of drug-likeness (QED) is 0.879. The minimum atomic E-state index is 0. The molecule has 1 amide bonds. The zero-order valence-electron chi connectivity index (χ0n) is 12.6. The maximum atomic E-state index is 12.3. The number of benzene rings is 1. The number of hydrogen-bond acceptors (Lipinski definition) is 3. The van der Waals surface area contributed by atoms with Crippen LogP contribution in [0.15, 0.2) is 18.2 Å². The number of anilines is 1. The Kier molecular flexibility index (Phi) is 5.59. The van der Waals surface area contributed by atoms with E-state index >= 15 is 0 Å². The molecule has 0 bridgehead atoms. The molecular formula is C17H23ClN2O2. The van der Waals surface area contributed by atoms with Crippen LogP contribution >= 0.6 is 12.4 Å². The van der Waals surface area contributed by atoms with Gasteiger partial charge in [0.25, 0.3) is 0 Å². The van der Waals surface area contributed by atoms with Gasteiger partial charge in [0.2, 0.25) is 5.91 Å². The number of fused-ring (bicyclic) bond motifs is 1. The molecule has 4 nitrogen and oxygen atoms in total. The van der Waals surface area contributed by atoms with Crippen molar-refractivity contribution in [1.29, 1.82) is 0 Å². The fourth-order valence-corrected chi connectivity index (χ4v) is 3.42. The highest BCUT2D eigenvalue weighted by Crippen LogP contribution is 2.27. The molecule has 3 N–H and O–H groups in total. The van der Waals surface area contributed by atoms with Crippen LogP contribution in [-0.4, -0.2) is 17.7 Å². The first-order valence-electron chi connectivity index (χ1n) is 7.86. The molecule has 0 aromatic heterocycles. The molecule has 120 valence electrons. The lowest BCUT2D eigenvalue weighted by Gasteiger charge is -2.26. The number of Topliss-reactive ketones (excluding diaryl/α,β-unsaturated/α-hetero) is 1. The molecule has 0 spiro atoms. The van der Waals surface area contributed by atoms with Crippen LogP contribution < -0.4 is 11.1 Å². The van der Waals surface area contributed by atoms with Gasteiger partial charge in [0.15, 0.2) is 5.78 Å². The van der Waals surface area contributed by atoms with Crippen molar-refractivity contribution in [3.05, 3.63) is 29.3 Å². The third-order valence-corrected chi connectivity index (χ3v) is 4.61. The van der Waals surface area contributed by atoms with Crippen molar-refractivity contribution in [3.63, 3.8) is 0 Å². The molecular weight excluding hydrogens is 300 g/mol. The monoisotopic (exact) mass is 322 g/mol. The van der Waals surface area contributed by atoms with Crippen LogP contribution in [0.3, 0.4) is 0 Å². The van der Waals surface area contributed by atoms with E-state index in [0.717, 1.165) is 55.3 Å². The Morgan fingerprint density at radius 3 is 2.77 bits per heavy atom. The Hall–Kier alpha value is -1.39. The van der Waals surface area contributed by atoms with E-state index in [2.05, 4.69) is 5.32 Å². The number of amides is 1. The number of rotatable bonds is 2. The summed E-state index contributed by atoms with van der Waals surface area (Å²) in [6.07, 6.45) is 6.18. The molecule has 0 heterocycles. The number of hydrogen-bond donors (Lipinski definition) is 2. The van der Waals surface area contributed by atoms with Gasteiger partial charge in [0.05, 0.1) is 0 Å². The number of aryl methyl sites for hydroxylation is 1. The topological polar surface area (TPSA) is 72.2 Å². The van der Waals surface area contributed by atoms with Crippen molar-refractivity contribution < 1.29 is 9.59 Å². The highest BCUT2D eigenvalue weighted by atomic mass is 35.5. The third-order valence-electron chi connectivity index (χ3n) is 4.61. The lowest BCUT2D eigenvalue weighted by atomic mass is 9.85. The number of nitrogens with one attached hydrogen (secondary N) is 1. The Morgan fingerprint density at radius 2 is 2.00 bits per heavy atom. The molecule has 22 heavy (non-hydrogen) atoms. The number of ketones is 1. The second kappa shape index (κ2) is 7.25. The van der Waals surface area contributed by atoms with Crippen LogP contribution in [-0.2, 0) is 11.2 Å². The van der Waals surface area contributed by atoms with Crippen molar-refractivity contribution in [2.75, 3.05) is 5.32 Å². The standard InChI is InChI=1S/C17H22N2O2.ClH/c18-13-5-1-4-12(9-13)17(21)19-14-8-7-11-3-2-6-16(20)15(11)10-14;/h7-8,10,12-13H,1-6,9,18H2,(H,19,21);1H. The molecule has 2 unspecified atom stereocenters. The summed E-state index contributed by atoms with van der Waals surface area (Å²) < 4.78 is 0. The van der Waals surface area contributed by atoms with E-state index in [4.69, 9.17) is 5.73 Å². The summed E-state index contributed by atoms with van der Waals surface area (Å²) in [6, 6.07) is 5.84. The maximum absolute atomic E-state index is 12.3. The summed E-state index contributed by atoms with van der Waals surface area (Å²) in [5.74, 6) is 0.223. The number of halogens is 1. The van der Waals surface area contributed by atoms with Gasteiger partial charge in [-0.2, -0.15) is 0 Å². The van der Waals surface area contributed by atoms with Gasteiger partial charge in [-0.15, -0.1) is 12.4 Å². The summed E-state index contributed by atoms with van der Waals surface area (Å²) in [7, 11) is 0. The van der Waals surface area contributed by atoms with Gasteiger partial charge >= 0.3 is 0 Å². The average molecular weight is 323 g/mol. The summed E-state index contributed by atoms with van der Waals surface area (Å²) in [6.45, 7) is 0. The first-order valence-corrected chi connectivity index (χ1v) is 7.86. The van der Waals surface area contributed by atoms with E-state index in [0.29, 0.717) is 6.42 Å². The van der Waals surface area contributed by atoms with Gasteiger partial charge in [-0.05, 0) is 49.8 Å². The van der Waals surface area contributed by atoms with Crippen molar-refractivity contribution >= 4 is 29.8 Å². The highest BCUT2D eigenvalue weighted by molar-refractivity contribution is 6.00. The largest absolute Gasteiger partial charge is 0.328 e. The third kappa shape index (κ3) is 3.68. The summed E-state index contributed by atoms with van der Waals surface area (Å²) in [4.78, 5) is 24.3. The minimum absolute atomic E-state index is 0. The van der Waals surface area contributed by atoms with Crippen LogP contribution in [0.5, 0.6) is 0 Å². The molecule has 1 aromatic rings. The fourth-order valence-electron chi connectivity index (χ4n) is 3.42. The Labute approximate surface area is 137 Å². The molecule has 0 radical (unpaired) electrons. The zero-order valence-corrected chi connectivity index (χ0v) is 13.5. The molecule has 2 atom stereocenters. The molecule has 1 fully saturated rings. The molecule has 1 saturated carbocycles.